The largest absolute Gasteiger partial charge is 0.383 e. The number of carbonyl (C=O) groups is 1. The molecule has 2 heterocycles. The van der Waals surface area contributed by atoms with Crippen molar-refractivity contribution in [2.45, 2.75) is 32.2 Å². The second-order valence-corrected chi connectivity index (χ2v) is 7.34. The van der Waals surface area contributed by atoms with Crippen LogP contribution >= 0.6 is 11.3 Å². The molecule has 1 atom stereocenters. The number of benzene rings is 1. The lowest BCUT2D eigenvalue weighted by molar-refractivity contribution is 0.0940. The number of nitrogens with one attached hydrogen (secondary N) is 1. The van der Waals surface area contributed by atoms with Gasteiger partial charge in [-0.3, -0.25) is 4.79 Å². The van der Waals surface area contributed by atoms with E-state index in [-0.39, 0.29) is 5.91 Å². The molecule has 0 aliphatic carbocycles. The van der Waals surface area contributed by atoms with Crippen molar-refractivity contribution in [2.75, 3.05) is 33.4 Å². The highest BCUT2D eigenvalue weighted by atomic mass is 32.1. The number of hydrogen-bond acceptors (Lipinski definition) is 4. The van der Waals surface area contributed by atoms with E-state index in [0.717, 1.165) is 17.8 Å². The normalized spacial score (nSPS) is 18.3. The first-order chi connectivity index (χ1) is 11.7. The molecule has 130 valence electrons. The molecule has 5 heteroatoms. The van der Waals surface area contributed by atoms with Gasteiger partial charge in [0.25, 0.3) is 5.91 Å². The highest BCUT2D eigenvalue weighted by Crippen LogP contribution is 2.34. The van der Waals surface area contributed by atoms with Gasteiger partial charge in [0.2, 0.25) is 0 Å². The number of ether oxygens (including phenoxy) is 1. The van der Waals surface area contributed by atoms with E-state index in [9.17, 15) is 4.79 Å². The Labute approximate surface area is 147 Å². The number of methoxy groups -OCH3 is 1. The number of rotatable bonds is 7. The van der Waals surface area contributed by atoms with Crippen molar-refractivity contribution < 1.29 is 9.53 Å². The first-order valence-corrected chi connectivity index (χ1v) is 9.57. The van der Waals surface area contributed by atoms with Crippen LogP contribution in [0.4, 0.5) is 0 Å². The third kappa shape index (κ3) is 3.63. The molecule has 0 unspecified atom stereocenters. The van der Waals surface area contributed by atoms with Crippen molar-refractivity contribution in [3.8, 4) is 0 Å². The maximum absolute atomic E-state index is 12.7. The van der Waals surface area contributed by atoms with E-state index >= 15 is 0 Å². The first kappa shape index (κ1) is 17.4. The minimum Gasteiger partial charge on any atom is -0.383 e. The van der Waals surface area contributed by atoms with Gasteiger partial charge in [0.1, 0.15) is 0 Å². The van der Waals surface area contributed by atoms with Gasteiger partial charge in [0.05, 0.1) is 11.5 Å². The fourth-order valence-electron chi connectivity index (χ4n) is 3.61. The molecule has 2 aromatic rings. The Balaban J connectivity index is 1.89. The fourth-order valence-corrected chi connectivity index (χ4v) is 4.76. The summed E-state index contributed by atoms with van der Waals surface area (Å²) in [6.07, 6.45) is 3.45. The number of likely N-dealkylation sites (tertiary alicyclic amines) is 1. The Bertz CT molecular complexity index is 698. The van der Waals surface area contributed by atoms with Crippen molar-refractivity contribution in [1.82, 2.24) is 10.2 Å². The van der Waals surface area contributed by atoms with Gasteiger partial charge in [-0.1, -0.05) is 25.1 Å². The average molecular weight is 346 g/mol. The summed E-state index contributed by atoms with van der Waals surface area (Å²) in [5.74, 6) is 0.0318. The van der Waals surface area contributed by atoms with E-state index in [0.29, 0.717) is 19.2 Å². The molecule has 0 bridgehead atoms. The van der Waals surface area contributed by atoms with Crippen LogP contribution in [0.15, 0.2) is 24.3 Å². The van der Waals surface area contributed by atoms with Gasteiger partial charge in [-0.25, -0.2) is 0 Å². The zero-order valence-corrected chi connectivity index (χ0v) is 15.3. The third-order valence-corrected chi connectivity index (χ3v) is 6.05. The van der Waals surface area contributed by atoms with E-state index in [1.807, 2.05) is 6.07 Å². The first-order valence-electron chi connectivity index (χ1n) is 8.76. The molecular weight excluding hydrogens is 320 g/mol. The topological polar surface area (TPSA) is 41.6 Å². The molecule has 1 aromatic heterocycles. The molecule has 1 saturated heterocycles. The van der Waals surface area contributed by atoms with Crippen LogP contribution in [0.3, 0.4) is 0 Å². The number of likely N-dealkylation sites (N-methyl/N-ethyl adjacent to an activating group) is 1. The standard InChI is InChI=1S/C19H26N2O2S/c1-3-21-11-6-7-14(21)13-16-15-8-4-5-9-17(15)24-18(16)19(22)20-10-12-23-2/h4-5,8-9,14H,3,6-7,10-13H2,1-2H3,(H,20,22)/t14-/m1/s1. The molecule has 0 radical (unpaired) electrons. The SMILES string of the molecule is CCN1CCC[C@@H]1Cc1c(C(=O)NCCOC)sc2ccccc12. The number of hydrogen-bond donors (Lipinski definition) is 1. The lowest BCUT2D eigenvalue weighted by atomic mass is 10.0. The third-order valence-electron chi connectivity index (χ3n) is 4.84. The highest BCUT2D eigenvalue weighted by Gasteiger charge is 2.27. The summed E-state index contributed by atoms with van der Waals surface area (Å²) >= 11 is 1.61. The van der Waals surface area contributed by atoms with Gasteiger partial charge in [-0.05, 0) is 49.4 Å². The average Bonchev–Trinajstić information content (AvgIpc) is 3.20. The Hall–Kier alpha value is -1.43. The van der Waals surface area contributed by atoms with Crippen molar-refractivity contribution in [1.29, 1.82) is 0 Å². The van der Waals surface area contributed by atoms with Crippen LogP contribution in [0, 0.1) is 0 Å². The summed E-state index contributed by atoms with van der Waals surface area (Å²) in [5.41, 5.74) is 1.22. The number of nitrogens with zero attached hydrogens (tertiary/aromatic N) is 1. The Morgan fingerprint density at radius 1 is 1.42 bits per heavy atom. The van der Waals surface area contributed by atoms with Crippen molar-refractivity contribution in [2.24, 2.45) is 0 Å². The monoisotopic (exact) mass is 346 g/mol. The van der Waals surface area contributed by atoms with Gasteiger partial charge < -0.3 is 15.0 Å². The zero-order valence-electron chi connectivity index (χ0n) is 14.5. The van der Waals surface area contributed by atoms with Gasteiger partial charge in [-0.15, -0.1) is 11.3 Å². The van der Waals surface area contributed by atoms with Gasteiger partial charge in [0, 0.05) is 24.4 Å². The van der Waals surface area contributed by atoms with Crippen molar-refractivity contribution >= 4 is 27.3 Å². The lowest BCUT2D eigenvalue weighted by Crippen LogP contribution is -2.32. The van der Waals surface area contributed by atoms with Crippen molar-refractivity contribution in [3.05, 3.63) is 34.7 Å². The summed E-state index contributed by atoms with van der Waals surface area (Å²) in [6, 6.07) is 8.93. The number of amides is 1. The number of thiophene rings is 1. The van der Waals surface area contributed by atoms with E-state index in [2.05, 4.69) is 35.3 Å². The molecule has 0 saturated carbocycles. The van der Waals surface area contributed by atoms with Crippen LogP contribution in [0.25, 0.3) is 10.1 Å². The highest BCUT2D eigenvalue weighted by molar-refractivity contribution is 7.21. The fraction of sp³-hybridized carbons (Fsp3) is 0.526. The molecule has 0 spiro atoms. The molecule has 24 heavy (non-hydrogen) atoms. The minimum atomic E-state index is 0.0318. The molecule has 1 aliphatic rings. The Kier molecular flexibility index (Phi) is 5.87. The molecule has 1 aromatic carbocycles. The van der Waals surface area contributed by atoms with Crippen LogP contribution in [0.2, 0.25) is 0 Å². The van der Waals surface area contributed by atoms with Crippen LogP contribution in [-0.2, 0) is 11.2 Å². The molecule has 3 rings (SSSR count). The summed E-state index contributed by atoms with van der Waals surface area (Å²) < 4.78 is 6.23. The van der Waals surface area contributed by atoms with E-state index < -0.39 is 0 Å². The van der Waals surface area contributed by atoms with E-state index in [1.165, 1.54) is 35.0 Å². The maximum Gasteiger partial charge on any atom is 0.261 e. The maximum atomic E-state index is 12.7. The van der Waals surface area contributed by atoms with Crippen LogP contribution < -0.4 is 5.32 Å². The Morgan fingerprint density at radius 2 is 2.25 bits per heavy atom. The smallest absolute Gasteiger partial charge is 0.261 e. The minimum absolute atomic E-state index is 0.0318. The Morgan fingerprint density at radius 3 is 3.04 bits per heavy atom. The predicted octanol–water partition coefficient (Wildman–Crippen LogP) is 3.30. The zero-order chi connectivity index (χ0) is 16.9. The van der Waals surface area contributed by atoms with E-state index in [1.54, 1.807) is 18.4 Å². The predicted molar refractivity (Wildman–Crippen MR) is 100 cm³/mol. The van der Waals surface area contributed by atoms with Gasteiger partial charge >= 0.3 is 0 Å². The molecule has 1 N–H and O–H groups in total. The number of fused-ring (bicyclic) bond motifs is 1. The van der Waals surface area contributed by atoms with Crippen LogP contribution in [0.1, 0.15) is 35.0 Å². The summed E-state index contributed by atoms with van der Waals surface area (Å²) in [7, 11) is 1.65. The second-order valence-electron chi connectivity index (χ2n) is 6.28. The molecule has 4 nitrogen and oxygen atoms in total. The molecule has 1 fully saturated rings. The second kappa shape index (κ2) is 8.10. The molecule has 1 aliphatic heterocycles. The van der Waals surface area contributed by atoms with Gasteiger partial charge in [0.15, 0.2) is 0 Å². The number of carbonyl (C=O) groups excluding carboxylic acids is 1. The molecular formula is C19H26N2O2S. The summed E-state index contributed by atoms with van der Waals surface area (Å²) in [5, 5.41) is 4.22. The van der Waals surface area contributed by atoms with E-state index in [4.69, 9.17) is 4.74 Å². The summed E-state index contributed by atoms with van der Waals surface area (Å²) in [6.45, 7) is 5.58. The quantitative estimate of drug-likeness (QED) is 0.782. The van der Waals surface area contributed by atoms with Crippen LogP contribution in [-0.4, -0.2) is 50.2 Å². The van der Waals surface area contributed by atoms with Crippen LogP contribution in [0.5, 0.6) is 0 Å². The summed E-state index contributed by atoms with van der Waals surface area (Å²) in [4.78, 5) is 16.1. The van der Waals surface area contributed by atoms with Crippen molar-refractivity contribution in [3.63, 3.8) is 0 Å². The lowest BCUT2D eigenvalue weighted by Gasteiger charge is -2.23. The van der Waals surface area contributed by atoms with Gasteiger partial charge in [-0.2, -0.15) is 0 Å². The molecule has 1 amide bonds.